The van der Waals surface area contributed by atoms with Crippen LogP contribution in [0.15, 0.2) is 0 Å². The smallest absolute Gasteiger partial charge is 0.305 e. The van der Waals surface area contributed by atoms with Gasteiger partial charge in [0.15, 0.2) is 0 Å². The Hall–Kier alpha value is -0.610. The summed E-state index contributed by atoms with van der Waals surface area (Å²) < 4.78 is 4.96. The topological polar surface area (TPSA) is 32.8 Å². The van der Waals surface area contributed by atoms with E-state index in [9.17, 15) is 4.79 Å². The standard InChI is InChI=1S/C16H30N2O2/c1-2-20-16(19)7-6-10-17-13-8-15(9-14-17)18-11-4-3-5-12-18/h15H,2-14H2,1H3. The zero-order valence-corrected chi connectivity index (χ0v) is 13.0. The lowest BCUT2D eigenvalue weighted by molar-refractivity contribution is -0.143. The van der Waals surface area contributed by atoms with E-state index in [4.69, 9.17) is 4.74 Å². The highest BCUT2D eigenvalue weighted by molar-refractivity contribution is 5.69. The van der Waals surface area contributed by atoms with E-state index >= 15 is 0 Å². The molecule has 0 aromatic heterocycles. The summed E-state index contributed by atoms with van der Waals surface area (Å²) in [5.41, 5.74) is 0. The molecule has 0 atom stereocenters. The van der Waals surface area contributed by atoms with Gasteiger partial charge in [0.1, 0.15) is 0 Å². The first-order valence-corrected chi connectivity index (χ1v) is 8.41. The minimum absolute atomic E-state index is 0.0456. The lowest BCUT2D eigenvalue weighted by Crippen LogP contribution is -2.46. The van der Waals surface area contributed by atoms with Crippen molar-refractivity contribution in [3.05, 3.63) is 0 Å². The van der Waals surface area contributed by atoms with Crippen LogP contribution in [0.4, 0.5) is 0 Å². The van der Waals surface area contributed by atoms with Gasteiger partial charge in [0.25, 0.3) is 0 Å². The molecule has 2 aliphatic rings. The molecule has 0 saturated carbocycles. The maximum absolute atomic E-state index is 11.3. The number of hydrogen-bond donors (Lipinski definition) is 0. The summed E-state index contributed by atoms with van der Waals surface area (Å²) in [6, 6.07) is 0.816. The zero-order chi connectivity index (χ0) is 14.2. The number of nitrogens with zero attached hydrogens (tertiary/aromatic N) is 2. The summed E-state index contributed by atoms with van der Waals surface area (Å²) in [5, 5.41) is 0. The average Bonchev–Trinajstić information content (AvgIpc) is 2.49. The predicted molar refractivity (Wildman–Crippen MR) is 80.8 cm³/mol. The molecule has 2 rings (SSSR count). The van der Waals surface area contributed by atoms with Crippen molar-refractivity contribution in [2.75, 3.05) is 39.3 Å². The van der Waals surface area contributed by atoms with E-state index in [0.717, 1.165) is 19.0 Å². The molecule has 0 amide bonds. The second-order valence-electron chi connectivity index (χ2n) is 6.08. The molecule has 0 aromatic rings. The van der Waals surface area contributed by atoms with E-state index in [2.05, 4.69) is 9.80 Å². The molecule has 0 aliphatic carbocycles. The summed E-state index contributed by atoms with van der Waals surface area (Å²) in [6.45, 7) is 8.43. The third-order valence-electron chi connectivity index (χ3n) is 4.62. The van der Waals surface area contributed by atoms with Gasteiger partial charge in [0.05, 0.1) is 6.61 Å². The molecule has 4 nitrogen and oxygen atoms in total. The largest absolute Gasteiger partial charge is 0.466 e. The summed E-state index contributed by atoms with van der Waals surface area (Å²) in [6.07, 6.45) is 8.31. The van der Waals surface area contributed by atoms with Crippen LogP contribution < -0.4 is 0 Å². The van der Waals surface area contributed by atoms with E-state index in [-0.39, 0.29) is 5.97 Å². The Morgan fingerprint density at radius 3 is 2.45 bits per heavy atom. The number of carbonyl (C=O) groups excluding carboxylic acids is 1. The van der Waals surface area contributed by atoms with Gasteiger partial charge in [0.2, 0.25) is 0 Å². The first kappa shape index (κ1) is 15.8. The van der Waals surface area contributed by atoms with Crippen LogP contribution in [-0.4, -0.2) is 61.1 Å². The van der Waals surface area contributed by atoms with Crippen LogP contribution in [0.2, 0.25) is 0 Å². The van der Waals surface area contributed by atoms with Crippen molar-refractivity contribution in [3.63, 3.8) is 0 Å². The Kier molecular flexibility index (Phi) is 6.80. The normalized spacial score (nSPS) is 22.9. The Labute approximate surface area is 123 Å². The summed E-state index contributed by atoms with van der Waals surface area (Å²) >= 11 is 0. The Balaban J connectivity index is 1.58. The number of ether oxygens (including phenoxy) is 1. The van der Waals surface area contributed by atoms with Crippen LogP contribution in [0.1, 0.15) is 51.9 Å². The molecule has 20 heavy (non-hydrogen) atoms. The minimum Gasteiger partial charge on any atom is -0.466 e. The van der Waals surface area contributed by atoms with Gasteiger partial charge in [-0.1, -0.05) is 6.42 Å². The van der Waals surface area contributed by atoms with Gasteiger partial charge in [-0.15, -0.1) is 0 Å². The van der Waals surface area contributed by atoms with Crippen molar-refractivity contribution in [1.82, 2.24) is 9.80 Å². The molecule has 0 bridgehead atoms. The van der Waals surface area contributed by atoms with Gasteiger partial charge in [-0.05, 0) is 71.8 Å². The Morgan fingerprint density at radius 2 is 1.80 bits per heavy atom. The molecule has 0 aromatic carbocycles. The predicted octanol–water partition coefficient (Wildman–Crippen LogP) is 2.28. The maximum atomic E-state index is 11.3. The summed E-state index contributed by atoms with van der Waals surface area (Å²) in [7, 11) is 0. The molecule has 0 radical (unpaired) electrons. The van der Waals surface area contributed by atoms with Crippen LogP contribution in [0.25, 0.3) is 0 Å². The van der Waals surface area contributed by atoms with Gasteiger partial charge in [-0.3, -0.25) is 4.79 Å². The minimum atomic E-state index is -0.0456. The molecular formula is C16H30N2O2. The number of hydrogen-bond acceptors (Lipinski definition) is 4. The van der Waals surface area contributed by atoms with E-state index in [1.807, 2.05) is 6.92 Å². The third kappa shape index (κ3) is 5.06. The van der Waals surface area contributed by atoms with Crippen molar-refractivity contribution in [1.29, 1.82) is 0 Å². The maximum Gasteiger partial charge on any atom is 0.305 e. The fourth-order valence-corrected chi connectivity index (χ4v) is 3.47. The molecule has 2 heterocycles. The second kappa shape index (κ2) is 8.63. The average molecular weight is 282 g/mol. The Morgan fingerprint density at radius 1 is 1.10 bits per heavy atom. The fraction of sp³-hybridized carbons (Fsp3) is 0.938. The highest BCUT2D eigenvalue weighted by Crippen LogP contribution is 2.20. The molecule has 116 valence electrons. The Bertz CT molecular complexity index is 282. The SMILES string of the molecule is CCOC(=O)CCCN1CCC(N2CCCCC2)CC1. The van der Waals surface area contributed by atoms with Crippen molar-refractivity contribution in [2.45, 2.75) is 57.9 Å². The molecule has 4 heteroatoms. The number of piperidine rings is 2. The lowest BCUT2D eigenvalue weighted by atomic mass is 10.00. The molecule has 0 spiro atoms. The second-order valence-corrected chi connectivity index (χ2v) is 6.08. The van der Waals surface area contributed by atoms with Gasteiger partial charge in [0, 0.05) is 12.5 Å². The van der Waals surface area contributed by atoms with E-state index in [1.165, 1.54) is 58.3 Å². The van der Waals surface area contributed by atoms with Crippen LogP contribution >= 0.6 is 0 Å². The highest BCUT2D eigenvalue weighted by Gasteiger charge is 2.25. The molecule has 2 saturated heterocycles. The van der Waals surface area contributed by atoms with E-state index in [1.54, 1.807) is 0 Å². The quantitative estimate of drug-likeness (QED) is 0.700. The molecule has 2 fully saturated rings. The van der Waals surface area contributed by atoms with E-state index < -0.39 is 0 Å². The van der Waals surface area contributed by atoms with Crippen LogP contribution in [-0.2, 0) is 9.53 Å². The molecular weight excluding hydrogens is 252 g/mol. The highest BCUT2D eigenvalue weighted by atomic mass is 16.5. The van der Waals surface area contributed by atoms with Crippen molar-refractivity contribution < 1.29 is 9.53 Å². The third-order valence-corrected chi connectivity index (χ3v) is 4.62. The monoisotopic (exact) mass is 282 g/mol. The van der Waals surface area contributed by atoms with Crippen molar-refractivity contribution >= 4 is 5.97 Å². The van der Waals surface area contributed by atoms with Gasteiger partial charge in [-0.2, -0.15) is 0 Å². The van der Waals surface area contributed by atoms with Crippen LogP contribution in [0, 0.1) is 0 Å². The molecule has 0 unspecified atom stereocenters. The van der Waals surface area contributed by atoms with Crippen LogP contribution in [0.3, 0.4) is 0 Å². The van der Waals surface area contributed by atoms with E-state index in [0.29, 0.717) is 13.0 Å². The number of rotatable bonds is 6. The van der Waals surface area contributed by atoms with Crippen molar-refractivity contribution in [3.8, 4) is 0 Å². The molecule has 2 aliphatic heterocycles. The van der Waals surface area contributed by atoms with Gasteiger partial charge >= 0.3 is 5.97 Å². The molecule has 0 N–H and O–H groups in total. The van der Waals surface area contributed by atoms with Gasteiger partial charge < -0.3 is 14.5 Å². The summed E-state index contributed by atoms with van der Waals surface area (Å²) in [4.78, 5) is 16.5. The first-order valence-electron chi connectivity index (χ1n) is 8.41. The number of likely N-dealkylation sites (tertiary alicyclic amines) is 2. The van der Waals surface area contributed by atoms with Crippen molar-refractivity contribution in [2.24, 2.45) is 0 Å². The fourth-order valence-electron chi connectivity index (χ4n) is 3.47. The lowest BCUT2D eigenvalue weighted by Gasteiger charge is -2.40. The zero-order valence-electron chi connectivity index (χ0n) is 13.0. The number of carbonyl (C=O) groups is 1. The first-order chi connectivity index (χ1) is 9.79. The van der Waals surface area contributed by atoms with Crippen LogP contribution in [0.5, 0.6) is 0 Å². The van der Waals surface area contributed by atoms with Gasteiger partial charge in [-0.25, -0.2) is 0 Å². The summed E-state index contributed by atoms with van der Waals surface area (Å²) in [5.74, 6) is -0.0456. The number of esters is 1.